The minimum Gasteiger partial charge on any atom is -0.383 e. The number of rotatable bonds is 10. The SMILES string of the molecule is CCCCOCCCNC(C)COC. The highest BCUT2D eigenvalue weighted by Gasteiger charge is 1.98. The summed E-state index contributed by atoms with van der Waals surface area (Å²) in [5.41, 5.74) is 0. The molecule has 0 aromatic rings. The predicted molar refractivity (Wildman–Crippen MR) is 59.7 cm³/mol. The van der Waals surface area contributed by atoms with Gasteiger partial charge in [0.15, 0.2) is 0 Å². The molecule has 14 heavy (non-hydrogen) atoms. The summed E-state index contributed by atoms with van der Waals surface area (Å²) in [6.07, 6.45) is 3.47. The van der Waals surface area contributed by atoms with E-state index in [4.69, 9.17) is 9.47 Å². The zero-order valence-electron chi connectivity index (χ0n) is 9.84. The Morgan fingerprint density at radius 3 is 2.57 bits per heavy atom. The molecule has 3 nitrogen and oxygen atoms in total. The monoisotopic (exact) mass is 203 g/mol. The van der Waals surface area contributed by atoms with Crippen LogP contribution in [0.4, 0.5) is 0 Å². The summed E-state index contributed by atoms with van der Waals surface area (Å²) in [6.45, 7) is 7.86. The molecule has 86 valence electrons. The number of nitrogens with one attached hydrogen (secondary N) is 1. The summed E-state index contributed by atoms with van der Waals surface area (Å²) in [4.78, 5) is 0. The van der Waals surface area contributed by atoms with Gasteiger partial charge in [-0.1, -0.05) is 13.3 Å². The van der Waals surface area contributed by atoms with Gasteiger partial charge in [0.1, 0.15) is 0 Å². The van der Waals surface area contributed by atoms with Gasteiger partial charge >= 0.3 is 0 Å². The summed E-state index contributed by atoms with van der Waals surface area (Å²) in [5, 5.41) is 3.37. The van der Waals surface area contributed by atoms with Crippen molar-refractivity contribution >= 4 is 0 Å². The minimum absolute atomic E-state index is 0.440. The van der Waals surface area contributed by atoms with Crippen molar-refractivity contribution in [1.29, 1.82) is 0 Å². The number of ether oxygens (including phenoxy) is 2. The summed E-state index contributed by atoms with van der Waals surface area (Å²) in [7, 11) is 1.73. The zero-order valence-corrected chi connectivity index (χ0v) is 9.84. The second kappa shape index (κ2) is 11.0. The van der Waals surface area contributed by atoms with Gasteiger partial charge in [0.05, 0.1) is 6.61 Å². The van der Waals surface area contributed by atoms with Crippen LogP contribution < -0.4 is 5.32 Å². The van der Waals surface area contributed by atoms with Crippen molar-refractivity contribution in [2.45, 2.75) is 39.2 Å². The number of hydrogen-bond acceptors (Lipinski definition) is 3. The lowest BCUT2D eigenvalue weighted by molar-refractivity contribution is 0.126. The van der Waals surface area contributed by atoms with Crippen molar-refractivity contribution in [3.05, 3.63) is 0 Å². The van der Waals surface area contributed by atoms with Crippen LogP contribution in [0.25, 0.3) is 0 Å². The Balaban J connectivity index is 2.98. The van der Waals surface area contributed by atoms with E-state index < -0.39 is 0 Å². The molecule has 3 heteroatoms. The van der Waals surface area contributed by atoms with Gasteiger partial charge < -0.3 is 14.8 Å². The normalized spacial score (nSPS) is 13.1. The fourth-order valence-corrected chi connectivity index (χ4v) is 1.18. The van der Waals surface area contributed by atoms with Crippen LogP contribution >= 0.6 is 0 Å². The van der Waals surface area contributed by atoms with Crippen molar-refractivity contribution in [2.24, 2.45) is 0 Å². The van der Waals surface area contributed by atoms with Crippen LogP contribution in [0.3, 0.4) is 0 Å². The molecule has 1 unspecified atom stereocenters. The van der Waals surface area contributed by atoms with Crippen LogP contribution in [0, 0.1) is 0 Å². The van der Waals surface area contributed by atoms with Gasteiger partial charge in [0.2, 0.25) is 0 Å². The molecule has 0 saturated heterocycles. The first-order valence-electron chi connectivity index (χ1n) is 5.61. The van der Waals surface area contributed by atoms with E-state index in [-0.39, 0.29) is 0 Å². The lowest BCUT2D eigenvalue weighted by Gasteiger charge is -2.12. The van der Waals surface area contributed by atoms with Gasteiger partial charge in [0.25, 0.3) is 0 Å². The van der Waals surface area contributed by atoms with Gasteiger partial charge in [0, 0.05) is 26.4 Å². The molecular weight excluding hydrogens is 178 g/mol. The molecule has 0 fully saturated rings. The molecule has 0 aliphatic heterocycles. The third-order valence-electron chi connectivity index (χ3n) is 2.02. The summed E-state index contributed by atoms with van der Waals surface area (Å²) in [6, 6.07) is 0.440. The van der Waals surface area contributed by atoms with Crippen molar-refractivity contribution in [2.75, 3.05) is 33.5 Å². The molecule has 1 N–H and O–H groups in total. The average Bonchev–Trinajstić information content (AvgIpc) is 2.17. The standard InChI is InChI=1S/C11H25NO2/c1-4-5-8-14-9-6-7-12-11(2)10-13-3/h11-12H,4-10H2,1-3H3. The average molecular weight is 203 g/mol. The van der Waals surface area contributed by atoms with Crippen LogP contribution in [0.2, 0.25) is 0 Å². The van der Waals surface area contributed by atoms with Gasteiger partial charge in [-0.25, -0.2) is 0 Å². The van der Waals surface area contributed by atoms with E-state index in [1.807, 2.05) is 0 Å². The van der Waals surface area contributed by atoms with Crippen molar-refractivity contribution in [3.63, 3.8) is 0 Å². The lowest BCUT2D eigenvalue weighted by Crippen LogP contribution is -2.31. The first-order valence-corrected chi connectivity index (χ1v) is 5.61. The maximum atomic E-state index is 5.44. The first kappa shape index (κ1) is 13.9. The number of unbranched alkanes of at least 4 members (excludes halogenated alkanes) is 1. The van der Waals surface area contributed by atoms with Crippen LogP contribution in [0.5, 0.6) is 0 Å². The summed E-state index contributed by atoms with van der Waals surface area (Å²) in [5.74, 6) is 0. The molecule has 1 atom stereocenters. The maximum Gasteiger partial charge on any atom is 0.0613 e. The molecule has 0 aromatic heterocycles. The smallest absolute Gasteiger partial charge is 0.0613 e. The van der Waals surface area contributed by atoms with Crippen molar-refractivity contribution in [3.8, 4) is 0 Å². The lowest BCUT2D eigenvalue weighted by atomic mass is 10.3. The molecule has 0 spiro atoms. The van der Waals surface area contributed by atoms with Crippen molar-refractivity contribution < 1.29 is 9.47 Å². The molecule has 0 radical (unpaired) electrons. The Kier molecular flexibility index (Phi) is 10.9. The Morgan fingerprint density at radius 1 is 1.21 bits per heavy atom. The van der Waals surface area contributed by atoms with E-state index in [2.05, 4.69) is 19.2 Å². The minimum atomic E-state index is 0.440. The maximum absolute atomic E-state index is 5.44. The Morgan fingerprint density at radius 2 is 1.93 bits per heavy atom. The second-order valence-corrected chi connectivity index (χ2v) is 3.63. The van der Waals surface area contributed by atoms with Crippen LogP contribution in [-0.4, -0.2) is 39.5 Å². The first-order chi connectivity index (χ1) is 6.81. The van der Waals surface area contributed by atoms with Crippen molar-refractivity contribution in [1.82, 2.24) is 5.32 Å². The quantitative estimate of drug-likeness (QED) is 0.549. The largest absolute Gasteiger partial charge is 0.383 e. The van der Waals surface area contributed by atoms with Gasteiger partial charge in [-0.05, 0) is 26.3 Å². The Bertz CT molecular complexity index is 109. The topological polar surface area (TPSA) is 30.5 Å². The highest BCUT2D eigenvalue weighted by Crippen LogP contribution is 1.90. The predicted octanol–water partition coefficient (Wildman–Crippen LogP) is 1.82. The molecule has 0 aromatic carbocycles. The molecule has 0 aliphatic rings. The fraction of sp³-hybridized carbons (Fsp3) is 1.00. The zero-order chi connectivity index (χ0) is 10.6. The van der Waals surface area contributed by atoms with E-state index in [0.717, 1.165) is 32.8 Å². The van der Waals surface area contributed by atoms with Crippen LogP contribution in [-0.2, 0) is 9.47 Å². The number of hydrogen-bond donors (Lipinski definition) is 1. The number of methoxy groups -OCH3 is 1. The van der Waals surface area contributed by atoms with Gasteiger partial charge in [-0.15, -0.1) is 0 Å². The third-order valence-corrected chi connectivity index (χ3v) is 2.02. The van der Waals surface area contributed by atoms with E-state index in [9.17, 15) is 0 Å². The fourth-order valence-electron chi connectivity index (χ4n) is 1.18. The molecule has 0 bridgehead atoms. The van der Waals surface area contributed by atoms with E-state index >= 15 is 0 Å². The molecule has 0 aliphatic carbocycles. The van der Waals surface area contributed by atoms with E-state index in [1.165, 1.54) is 12.8 Å². The molecular formula is C11H25NO2. The molecule has 0 heterocycles. The Hall–Kier alpha value is -0.120. The van der Waals surface area contributed by atoms with Gasteiger partial charge in [-0.3, -0.25) is 0 Å². The third kappa shape index (κ3) is 9.96. The Labute approximate surface area is 88.2 Å². The van der Waals surface area contributed by atoms with Crippen LogP contribution in [0.15, 0.2) is 0 Å². The van der Waals surface area contributed by atoms with Crippen LogP contribution in [0.1, 0.15) is 33.1 Å². The molecule has 0 saturated carbocycles. The highest BCUT2D eigenvalue weighted by molar-refractivity contribution is 4.58. The molecule has 0 amide bonds. The van der Waals surface area contributed by atoms with Gasteiger partial charge in [-0.2, -0.15) is 0 Å². The molecule has 0 rings (SSSR count). The van der Waals surface area contributed by atoms with E-state index in [1.54, 1.807) is 7.11 Å². The summed E-state index contributed by atoms with van der Waals surface area (Å²) >= 11 is 0. The second-order valence-electron chi connectivity index (χ2n) is 3.63. The summed E-state index contributed by atoms with van der Waals surface area (Å²) < 4.78 is 10.5. The van der Waals surface area contributed by atoms with E-state index in [0.29, 0.717) is 6.04 Å². The highest BCUT2D eigenvalue weighted by atomic mass is 16.5.